The first-order valence-corrected chi connectivity index (χ1v) is 13.6. The summed E-state index contributed by atoms with van der Waals surface area (Å²) < 4.78 is 5.78. The van der Waals surface area contributed by atoms with Crippen molar-refractivity contribution < 1.29 is 19.4 Å². The molecule has 1 unspecified atom stereocenters. The Bertz CT molecular complexity index is 1350. The van der Waals surface area contributed by atoms with E-state index in [9.17, 15) is 14.7 Å². The second-order valence-electron chi connectivity index (χ2n) is 9.89. The Morgan fingerprint density at radius 1 is 1.05 bits per heavy atom. The minimum atomic E-state index is -0.745. The van der Waals surface area contributed by atoms with E-state index >= 15 is 0 Å². The molecule has 0 aliphatic carbocycles. The molecule has 0 bridgehead atoms. The summed E-state index contributed by atoms with van der Waals surface area (Å²) in [6, 6.07) is 16.2. The molecule has 0 radical (unpaired) electrons. The standard InChI is InChI=1S/C32H37N3O4/c1-6-34(7-2)25-14-11-23(12-15-25)29-28(31(37)32(38)35(29)20-22-10-9-17-33-19-22)30(36)24-13-16-27(39-8-3)26(18-24)21(4)5/h9-19,21,29,36H,6-8,20H2,1-5H3/b30-28-. The summed E-state index contributed by atoms with van der Waals surface area (Å²) in [4.78, 5) is 34.8. The van der Waals surface area contributed by atoms with Crippen molar-refractivity contribution in [2.45, 2.75) is 53.1 Å². The van der Waals surface area contributed by atoms with E-state index in [0.29, 0.717) is 12.2 Å². The Morgan fingerprint density at radius 2 is 1.77 bits per heavy atom. The third-order valence-corrected chi connectivity index (χ3v) is 7.16. The molecular weight excluding hydrogens is 490 g/mol. The molecule has 1 saturated heterocycles. The zero-order valence-corrected chi connectivity index (χ0v) is 23.3. The van der Waals surface area contributed by atoms with Crippen LogP contribution in [0.3, 0.4) is 0 Å². The molecule has 0 saturated carbocycles. The molecule has 7 nitrogen and oxygen atoms in total. The fourth-order valence-electron chi connectivity index (χ4n) is 5.12. The van der Waals surface area contributed by atoms with E-state index in [-0.39, 0.29) is 23.8 Å². The number of aromatic nitrogens is 1. The van der Waals surface area contributed by atoms with Gasteiger partial charge in [-0.25, -0.2) is 0 Å². The molecule has 1 N–H and O–H groups in total. The van der Waals surface area contributed by atoms with Crippen molar-refractivity contribution in [3.63, 3.8) is 0 Å². The fourth-order valence-corrected chi connectivity index (χ4v) is 5.12. The lowest BCUT2D eigenvalue weighted by Crippen LogP contribution is -2.29. The van der Waals surface area contributed by atoms with Crippen molar-refractivity contribution in [1.82, 2.24) is 9.88 Å². The minimum Gasteiger partial charge on any atom is -0.507 e. The highest BCUT2D eigenvalue weighted by atomic mass is 16.5. The molecule has 1 fully saturated rings. The third-order valence-electron chi connectivity index (χ3n) is 7.16. The number of hydrogen-bond acceptors (Lipinski definition) is 6. The van der Waals surface area contributed by atoms with Crippen molar-refractivity contribution in [1.29, 1.82) is 0 Å². The van der Waals surface area contributed by atoms with E-state index < -0.39 is 17.7 Å². The number of benzene rings is 2. The van der Waals surface area contributed by atoms with Crippen molar-refractivity contribution in [3.05, 3.63) is 94.8 Å². The molecule has 2 heterocycles. The average molecular weight is 528 g/mol. The molecule has 1 aliphatic rings. The maximum Gasteiger partial charge on any atom is 0.295 e. The van der Waals surface area contributed by atoms with E-state index in [0.717, 1.165) is 41.2 Å². The number of aliphatic hydroxyl groups excluding tert-OH is 1. The van der Waals surface area contributed by atoms with E-state index in [1.165, 1.54) is 4.90 Å². The number of carbonyl (C=O) groups is 2. The second-order valence-corrected chi connectivity index (χ2v) is 9.89. The maximum atomic E-state index is 13.5. The van der Waals surface area contributed by atoms with Crippen LogP contribution in [0.2, 0.25) is 0 Å². The summed E-state index contributed by atoms with van der Waals surface area (Å²) in [5.41, 5.74) is 4.09. The predicted molar refractivity (Wildman–Crippen MR) is 154 cm³/mol. The Kier molecular flexibility index (Phi) is 8.69. The van der Waals surface area contributed by atoms with Gasteiger partial charge >= 0.3 is 0 Å². The zero-order valence-electron chi connectivity index (χ0n) is 23.3. The number of aliphatic hydroxyl groups is 1. The lowest BCUT2D eigenvalue weighted by atomic mass is 9.93. The Morgan fingerprint density at radius 3 is 2.36 bits per heavy atom. The van der Waals surface area contributed by atoms with Crippen LogP contribution in [0.5, 0.6) is 5.75 Å². The lowest BCUT2D eigenvalue weighted by Gasteiger charge is -2.27. The Labute approximate surface area is 230 Å². The van der Waals surface area contributed by atoms with Gasteiger partial charge in [0.1, 0.15) is 11.5 Å². The lowest BCUT2D eigenvalue weighted by molar-refractivity contribution is -0.140. The van der Waals surface area contributed by atoms with E-state index in [2.05, 4.69) is 23.7 Å². The van der Waals surface area contributed by atoms with Gasteiger partial charge in [0.15, 0.2) is 0 Å². The van der Waals surface area contributed by atoms with E-state index in [1.54, 1.807) is 24.5 Å². The molecule has 39 heavy (non-hydrogen) atoms. The van der Waals surface area contributed by atoms with Crippen LogP contribution >= 0.6 is 0 Å². The number of carbonyl (C=O) groups excluding carboxylic acids is 2. The molecule has 0 spiro atoms. The normalized spacial score (nSPS) is 16.7. The van der Waals surface area contributed by atoms with Gasteiger partial charge in [-0.3, -0.25) is 14.6 Å². The molecule has 1 aromatic heterocycles. The van der Waals surface area contributed by atoms with Crippen LogP contribution in [0.25, 0.3) is 5.76 Å². The first-order valence-electron chi connectivity index (χ1n) is 13.6. The summed E-state index contributed by atoms with van der Waals surface area (Å²) >= 11 is 0. The van der Waals surface area contributed by atoms with Gasteiger partial charge in [-0.15, -0.1) is 0 Å². The van der Waals surface area contributed by atoms with E-state index in [1.807, 2.05) is 63.2 Å². The van der Waals surface area contributed by atoms with Gasteiger partial charge in [0.25, 0.3) is 11.7 Å². The zero-order chi connectivity index (χ0) is 28.1. The number of rotatable bonds is 10. The highest BCUT2D eigenvalue weighted by Gasteiger charge is 2.46. The highest BCUT2D eigenvalue weighted by molar-refractivity contribution is 6.46. The number of likely N-dealkylation sites (tertiary alicyclic amines) is 1. The SMILES string of the molecule is CCOc1ccc(/C(O)=C2/C(=O)C(=O)N(Cc3cccnc3)C2c2ccc(N(CC)CC)cc2)cc1C(C)C. The number of anilines is 1. The Balaban J connectivity index is 1.85. The molecule has 7 heteroatoms. The van der Waals surface area contributed by atoms with Gasteiger partial charge in [0, 0.05) is 43.3 Å². The molecule has 2 aromatic carbocycles. The van der Waals surface area contributed by atoms with Crippen LogP contribution in [0, 0.1) is 0 Å². The summed E-state index contributed by atoms with van der Waals surface area (Å²) in [5.74, 6) is -0.660. The van der Waals surface area contributed by atoms with Gasteiger partial charge in [-0.2, -0.15) is 0 Å². The fraction of sp³-hybridized carbons (Fsp3) is 0.344. The second kappa shape index (κ2) is 12.2. The molecule has 204 valence electrons. The molecule has 3 aromatic rings. The quantitative estimate of drug-likeness (QED) is 0.196. The first-order chi connectivity index (χ1) is 18.8. The summed E-state index contributed by atoms with van der Waals surface area (Å²) in [7, 11) is 0. The smallest absolute Gasteiger partial charge is 0.295 e. The predicted octanol–water partition coefficient (Wildman–Crippen LogP) is 6.07. The van der Waals surface area contributed by atoms with Crippen molar-refractivity contribution in [2.75, 3.05) is 24.6 Å². The number of amides is 1. The maximum absolute atomic E-state index is 13.5. The van der Waals surface area contributed by atoms with Crippen LogP contribution in [0.15, 0.2) is 72.6 Å². The number of nitrogens with zero attached hydrogens (tertiary/aromatic N) is 3. The molecule has 1 atom stereocenters. The van der Waals surface area contributed by atoms with Crippen LogP contribution in [0.1, 0.15) is 68.8 Å². The number of ether oxygens (including phenoxy) is 1. The first kappa shape index (κ1) is 27.9. The number of pyridine rings is 1. The summed E-state index contributed by atoms with van der Waals surface area (Å²) in [6.45, 7) is 12.7. The van der Waals surface area contributed by atoms with Crippen LogP contribution < -0.4 is 9.64 Å². The molecule has 4 rings (SSSR count). The van der Waals surface area contributed by atoms with Gasteiger partial charge in [-0.1, -0.05) is 32.0 Å². The van der Waals surface area contributed by atoms with Crippen molar-refractivity contribution >= 4 is 23.1 Å². The van der Waals surface area contributed by atoms with Crippen LogP contribution in [-0.4, -0.2) is 46.4 Å². The average Bonchev–Trinajstić information content (AvgIpc) is 3.19. The van der Waals surface area contributed by atoms with Gasteiger partial charge in [0.05, 0.1) is 18.2 Å². The van der Waals surface area contributed by atoms with Crippen molar-refractivity contribution in [2.24, 2.45) is 0 Å². The van der Waals surface area contributed by atoms with E-state index in [4.69, 9.17) is 4.74 Å². The monoisotopic (exact) mass is 527 g/mol. The number of ketones is 1. The number of hydrogen-bond donors (Lipinski definition) is 1. The van der Waals surface area contributed by atoms with Gasteiger partial charge in [-0.05, 0) is 79.8 Å². The third kappa shape index (κ3) is 5.67. The van der Waals surface area contributed by atoms with Crippen LogP contribution in [-0.2, 0) is 16.1 Å². The van der Waals surface area contributed by atoms with Crippen molar-refractivity contribution in [3.8, 4) is 5.75 Å². The summed E-state index contributed by atoms with van der Waals surface area (Å²) in [5, 5.41) is 11.6. The topological polar surface area (TPSA) is 83.0 Å². The minimum absolute atomic E-state index is 0.0818. The molecule has 1 amide bonds. The van der Waals surface area contributed by atoms with Crippen LogP contribution in [0.4, 0.5) is 5.69 Å². The highest BCUT2D eigenvalue weighted by Crippen LogP contribution is 2.41. The summed E-state index contributed by atoms with van der Waals surface area (Å²) in [6.07, 6.45) is 3.35. The number of Topliss-reactive ketones (excluding diaryl/α,β-unsaturated/α-hetero) is 1. The molecule has 1 aliphatic heterocycles. The largest absolute Gasteiger partial charge is 0.507 e. The van der Waals surface area contributed by atoms with Gasteiger partial charge in [0.2, 0.25) is 0 Å². The Hall–Kier alpha value is -4.13. The molecular formula is C32H37N3O4. The van der Waals surface area contributed by atoms with Gasteiger partial charge < -0.3 is 19.6 Å².